The average Bonchev–Trinajstić information content (AvgIpc) is 2.94. The average molecular weight is 280 g/mol. The molecule has 0 aliphatic carbocycles. The van der Waals surface area contributed by atoms with Crippen LogP contribution in [0.2, 0.25) is 0 Å². The second kappa shape index (κ2) is 5.09. The highest BCUT2D eigenvalue weighted by Gasteiger charge is 2.11. The van der Waals surface area contributed by atoms with Crippen molar-refractivity contribution in [3.63, 3.8) is 0 Å². The zero-order valence-electron chi connectivity index (χ0n) is 11.0. The van der Waals surface area contributed by atoms with Gasteiger partial charge >= 0.3 is 0 Å². The van der Waals surface area contributed by atoms with Crippen molar-refractivity contribution in [3.8, 4) is 23.0 Å². The normalized spacial score (nSPS) is 10.3. The zero-order valence-corrected chi connectivity index (χ0v) is 11.0. The number of hydrogen-bond donors (Lipinski definition) is 0. The number of halogens is 1. The van der Waals surface area contributed by atoms with Crippen LogP contribution in [0, 0.1) is 24.1 Å². The number of nitrogens with zero attached hydrogens (tertiary/aromatic N) is 6. The van der Waals surface area contributed by atoms with Gasteiger partial charge in [0.05, 0.1) is 11.3 Å². The summed E-state index contributed by atoms with van der Waals surface area (Å²) in [6.45, 7) is 1.71. The molecule has 3 aromatic rings. The lowest BCUT2D eigenvalue weighted by molar-refractivity contribution is 0.628. The van der Waals surface area contributed by atoms with Crippen LogP contribution in [0.25, 0.3) is 16.9 Å². The van der Waals surface area contributed by atoms with Gasteiger partial charge < -0.3 is 0 Å². The second-order valence-electron chi connectivity index (χ2n) is 4.33. The van der Waals surface area contributed by atoms with Crippen molar-refractivity contribution >= 4 is 0 Å². The van der Waals surface area contributed by atoms with Crippen LogP contribution in [-0.2, 0) is 0 Å². The Balaban J connectivity index is 2.13. The van der Waals surface area contributed by atoms with Gasteiger partial charge in [-0.25, -0.2) is 4.39 Å². The SMILES string of the molecule is Cc1nnn(-c2cc(-c3ccc(F)cc3)ncc2C#N)n1. The fourth-order valence-electron chi connectivity index (χ4n) is 1.86. The molecule has 0 N–H and O–H groups in total. The summed E-state index contributed by atoms with van der Waals surface area (Å²) < 4.78 is 13.0. The van der Waals surface area contributed by atoms with E-state index in [2.05, 4.69) is 20.4 Å². The maximum absolute atomic E-state index is 13.0. The van der Waals surface area contributed by atoms with Crippen LogP contribution >= 0.6 is 0 Å². The van der Waals surface area contributed by atoms with Crippen LogP contribution in [-0.4, -0.2) is 25.2 Å². The largest absolute Gasteiger partial charge is 0.255 e. The number of pyridine rings is 1. The molecule has 2 aromatic heterocycles. The summed E-state index contributed by atoms with van der Waals surface area (Å²) in [6.07, 6.45) is 1.44. The van der Waals surface area contributed by atoms with E-state index >= 15 is 0 Å². The monoisotopic (exact) mass is 280 g/mol. The maximum atomic E-state index is 13.0. The number of aryl methyl sites for hydroxylation is 1. The number of nitriles is 1. The summed E-state index contributed by atoms with van der Waals surface area (Å²) in [4.78, 5) is 5.49. The van der Waals surface area contributed by atoms with Crippen molar-refractivity contribution in [1.29, 1.82) is 5.26 Å². The molecule has 0 aliphatic heterocycles. The van der Waals surface area contributed by atoms with E-state index in [4.69, 9.17) is 5.26 Å². The third-order valence-corrected chi connectivity index (χ3v) is 2.87. The molecule has 0 aliphatic rings. The lowest BCUT2D eigenvalue weighted by Gasteiger charge is -2.05. The first kappa shape index (κ1) is 12.9. The van der Waals surface area contributed by atoms with E-state index in [0.29, 0.717) is 22.8 Å². The first-order chi connectivity index (χ1) is 10.2. The Kier molecular flexibility index (Phi) is 3.12. The van der Waals surface area contributed by atoms with Gasteiger partial charge in [-0.2, -0.15) is 5.26 Å². The standard InChI is InChI=1S/C14H9FN6/c1-9-18-20-21(19-9)14-6-13(17-8-11(14)7-16)10-2-4-12(15)5-3-10/h2-6,8H,1H3. The Labute approximate surface area is 119 Å². The molecule has 3 rings (SSSR count). The lowest BCUT2D eigenvalue weighted by atomic mass is 10.1. The van der Waals surface area contributed by atoms with Gasteiger partial charge in [-0.3, -0.25) is 4.98 Å². The molecule has 0 unspecified atom stereocenters. The number of tetrazole rings is 1. The van der Waals surface area contributed by atoms with Crippen molar-refractivity contribution < 1.29 is 4.39 Å². The molecule has 0 saturated heterocycles. The highest BCUT2D eigenvalue weighted by atomic mass is 19.1. The molecule has 102 valence electrons. The molecule has 7 heteroatoms. The van der Waals surface area contributed by atoms with Gasteiger partial charge in [-0.05, 0) is 42.5 Å². The third kappa shape index (κ3) is 2.47. The van der Waals surface area contributed by atoms with Crippen molar-refractivity contribution in [2.75, 3.05) is 0 Å². The minimum atomic E-state index is -0.318. The van der Waals surface area contributed by atoms with Crippen molar-refractivity contribution in [3.05, 3.63) is 53.7 Å². The molecule has 1 aromatic carbocycles. The summed E-state index contributed by atoms with van der Waals surface area (Å²) >= 11 is 0. The Morgan fingerprint density at radius 2 is 2.00 bits per heavy atom. The van der Waals surface area contributed by atoms with E-state index < -0.39 is 0 Å². The van der Waals surface area contributed by atoms with Crippen LogP contribution in [0.15, 0.2) is 36.5 Å². The highest BCUT2D eigenvalue weighted by Crippen LogP contribution is 2.21. The molecular weight excluding hydrogens is 271 g/mol. The fourth-order valence-corrected chi connectivity index (χ4v) is 1.86. The van der Waals surface area contributed by atoms with Gasteiger partial charge in [-0.1, -0.05) is 0 Å². The van der Waals surface area contributed by atoms with Gasteiger partial charge in [0.25, 0.3) is 0 Å². The summed E-state index contributed by atoms with van der Waals surface area (Å²) in [5, 5.41) is 20.9. The molecule has 0 spiro atoms. The third-order valence-electron chi connectivity index (χ3n) is 2.87. The fraction of sp³-hybridized carbons (Fsp3) is 0.0714. The smallest absolute Gasteiger partial charge is 0.172 e. The number of benzene rings is 1. The van der Waals surface area contributed by atoms with Gasteiger partial charge in [0, 0.05) is 11.8 Å². The van der Waals surface area contributed by atoms with E-state index in [-0.39, 0.29) is 5.82 Å². The van der Waals surface area contributed by atoms with Gasteiger partial charge in [-0.15, -0.1) is 15.0 Å². The van der Waals surface area contributed by atoms with Crippen LogP contribution in [0.1, 0.15) is 11.4 Å². The Bertz CT molecular complexity index is 831. The van der Waals surface area contributed by atoms with Crippen LogP contribution in [0.5, 0.6) is 0 Å². The summed E-state index contributed by atoms with van der Waals surface area (Å²) in [5.41, 5.74) is 2.14. The van der Waals surface area contributed by atoms with Gasteiger partial charge in [0.1, 0.15) is 17.6 Å². The summed E-state index contributed by atoms with van der Waals surface area (Å²) in [7, 11) is 0. The van der Waals surface area contributed by atoms with Crippen molar-refractivity contribution in [2.24, 2.45) is 0 Å². The minimum absolute atomic E-state index is 0.318. The molecular formula is C14H9FN6. The molecule has 0 amide bonds. The molecule has 0 radical (unpaired) electrons. The Morgan fingerprint density at radius 1 is 1.24 bits per heavy atom. The molecule has 0 saturated carbocycles. The Hall–Kier alpha value is -3.14. The van der Waals surface area contributed by atoms with Gasteiger partial charge in [0.2, 0.25) is 0 Å². The predicted octanol–water partition coefficient (Wildman–Crippen LogP) is 2.04. The maximum Gasteiger partial charge on any atom is 0.172 e. The Morgan fingerprint density at radius 3 is 2.62 bits per heavy atom. The highest BCUT2D eigenvalue weighted by molar-refractivity contribution is 5.63. The molecule has 6 nitrogen and oxygen atoms in total. The number of rotatable bonds is 2. The first-order valence-electron chi connectivity index (χ1n) is 6.10. The first-order valence-corrected chi connectivity index (χ1v) is 6.10. The van der Waals surface area contributed by atoms with E-state index in [9.17, 15) is 4.39 Å². The summed E-state index contributed by atoms with van der Waals surface area (Å²) in [6, 6.07) is 9.66. The molecule has 0 atom stereocenters. The van der Waals surface area contributed by atoms with E-state index in [0.717, 1.165) is 5.56 Å². The predicted molar refractivity (Wildman–Crippen MR) is 71.8 cm³/mol. The van der Waals surface area contributed by atoms with E-state index in [1.165, 1.54) is 23.1 Å². The van der Waals surface area contributed by atoms with Crippen LogP contribution in [0.3, 0.4) is 0 Å². The van der Waals surface area contributed by atoms with Crippen molar-refractivity contribution in [2.45, 2.75) is 6.92 Å². The topological polar surface area (TPSA) is 80.3 Å². The molecule has 0 bridgehead atoms. The summed E-state index contributed by atoms with van der Waals surface area (Å²) in [5.74, 6) is 0.181. The quantitative estimate of drug-likeness (QED) is 0.717. The number of aromatic nitrogens is 5. The lowest BCUT2D eigenvalue weighted by Crippen LogP contribution is -2.03. The van der Waals surface area contributed by atoms with E-state index in [1.807, 2.05) is 6.07 Å². The molecule has 2 heterocycles. The van der Waals surface area contributed by atoms with Gasteiger partial charge in [0.15, 0.2) is 5.82 Å². The minimum Gasteiger partial charge on any atom is -0.255 e. The zero-order chi connectivity index (χ0) is 14.8. The molecule has 21 heavy (non-hydrogen) atoms. The number of hydrogen-bond acceptors (Lipinski definition) is 5. The molecule has 0 fully saturated rings. The second-order valence-corrected chi connectivity index (χ2v) is 4.33. The van der Waals surface area contributed by atoms with Crippen LogP contribution in [0.4, 0.5) is 4.39 Å². The van der Waals surface area contributed by atoms with Crippen LogP contribution < -0.4 is 0 Å². The van der Waals surface area contributed by atoms with Crippen molar-refractivity contribution in [1.82, 2.24) is 25.2 Å². The van der Waals surface area contributed by atoms with E-state index in [1.54, 1.807) is 25.1 Å².